The molecule has 0 saturated carbocycles. The Morgan fingerprint density at radius 3 is 2.18 bits per heavy atom. The molecule has 0 saturated heterocycles. The lowest BCUT2D eigenvalue weighted by molar-refractivity contribution is -0.138. The number of hydrogen-bond acceptors (Lipinski definition) is 1. The Morgan fingerprint density at radius 1 is 1.29 bits per heavy atom. The lowest BCUT2D eigenvalue weighted by Crippen LogP contribution is -2.10. The van der Waals surface area contributed by atoms with Gasteiger partial charge in [-0.3, -0.25) is 4.79 Å². The van der Waals surface area contributed by atoms with Crippen LogP contribution in [0.15, 0.2) is 16.6 Å². The summed E-state index contributed by atoms with van der Waals surface area (Å²) in [6, 6.07) is 1.37. The zero-order chi connectivity index (χ0) is 13.4. The number of carbonyl (C=O) groups is 1. The van der Waals surface area contributed by atoms with E-state index in [1.165, 1.54) is 0 Å². The number of hydrogen-bond donors (Lipinski definition) is 0. The third-order valence-corrected chi connectivity index (χ3v) is 2.94. The molecule has 94 valence electrons. The molecule has 0 N–H and O–H groups in total. The lowest BCUT2D eigenvalue weighted by Gasteiger charge is -2.15. The van der Waals surface area contributed by atoms with Gasteiger partial charge in [-0.05, 0) is 28.9 Å². The molecule has 1 aromatic carbocycles. The van der Waals surface area contributed by atoms with E-state index in [-0.39, 0.29) is 0 Å². The zero-order valence-electron chi connectivity index (χ0n) is 8.41. The molecule has 7 heteroatoms. The van der Waals surface area contributed by atoms with Gasteiger partial charge in [0.2, 0.25) is 0 Å². The molecular formula is C10H6BrF5O. The van der Waals surface area contributed by atoms with Crippen LogP contribution in [0.1, 0.15) is 34.8 Å². The van der Waals surface area contributed by atoms with Crippen LogP contribution in [0.2, 0.25) is 0 Å². The summed E-state index contributed by atoms with van der Waals surface area (Å²) in [6.07, 6.45) is -7.91. The highest BCUT2D eigenvalue weighted by Gasteiger charge is 2.36. The molecule has 0 bridgehead atoms. The fourth-order valence-electron chi connectivity index (χ4n) is 1.33. The van der Waals surface area contributed by atoms with E-state index in [0.717, 1.165) is 13.0 Å². The first-order chi connectivity index (χ1) is 7.66. The predicted molar refractivity (Wildman–Crippen MR) is 54.1 cm³/mol. The van der Waals surface area contributed by atoms with E-state index in [1.54, 1.807) is 0 Å². The van der Waals surface area contributed by atoms with Gasteiger partial charge in [0.15, 0.2) is 5.78 Å². The Hall–Kier alpha value is -0.980. The highest BCUT2D eigenvalue weighted by Crippen LogP contribution is 2.41. The summed E-state index contributed by atoms with van der Waals surface area (Å²) in [4.78, 5) is 11.0. The minimum atomic E-state index is -4.75. The maximum Gasteiger partial charge on any atom is 0.417 e. The summed E-state index contributed by atoms with van der Waals surface area (Å²) in [7, 11) is 0. The molecule has 0 aliphatic carbocycles. The van der Waals surface area contributed by atoms with Gasteiger partial charge in [-0.25, -0.2) is 8.78 Å². The fraction of sp³-hybridized carbons (Fsp3) is 0.300. The summed E-state index contributed by atoms with van der Waals surface area (Å²) in [5.41, 5.74) is -2.56. The predicted octanol–water partition coefficient (Wildman–Crippen LogP) is 4.61. The van der Waals surface area contributed by atoms with Crippen molar-refractivity contribution in [2.24, 2.45) is 0 Å². The molecule has 0 atom stereocenters. The largest absolute Gasteiger partial charge is 0.417 e. The third-order valence-electron chi connectivity index (χ3n) is 2.08. The normalized spacial score (nSPS) is 12.0. The van der Waals surface area contributed by atoms with E-state index < -0.39 is 39.5 Å². The van der Waals surface area contributed by atoms with E-state index in [1.807, 2.05) is 0 Å². The number of ketones is 1. The summed E-state index contributed by atoms with van der Waals surface area (Å²) in [5.74, 6) is -0.713. The average molecular weight is 317 g/mol. The Morgan fingerprint density at radius 2 is 1.82 bits per heavy atom. The van der Waals surface area contributed by atoms with Crippen LogP contribution in [0, 0.1) is 0 Å². The summed E-state index contributed by atoms with van der Waals surface area (Å²) in [5, 5.41) is 0. The van der Waals surface area contributed by atoms with Gasteiger partial charge in [-0.2, -0.15) is 13.2 Å². The molecule has 0 fully saturated rings. The van der Waals surface area contributed by atoms with Crippen molar-refractivity contribution in [3.63, 3.8) is 0 Å². The molecule has 1 rings (SSSR count). The van der Waals surface area contributed by atoms with Gasteiger partial charge >= 0.3 is 6.18 Å². The van der Waals surface area contributed by atoms with Crippen molar-refractivity contribution in [3.05, 3.63) is 33.3 Å². The van der Waals surface area contributed by atoms with Gasteiger partial charge in [0.1, 0.15) is 0 Å². The first-order valence-corrected chi connectivity index (χ1v) is 5.14. The van der Waals surface area contributed by atoms with Crippen molar-refractivity contribution in [1.82, 2.24) is 0 Å². The zero-order valence-corrected chi connectivity index (χ0v) is 9.99. The van der Waals surface area contributed by atoms with Crippen LogP contribution in [0.25, 0.3) is 0 Å². The van der Waals surface area contributed by atoms with E-state index in [2.05, 4.69) is 15.9 Å². The van der Waals surface area contributed by atoms with Crippen LogP contribution in [0.5, 0.6) is 0 Å². The van der Waals surface area contributed by atoms with Crippen LogP contribution in [-0.4, -0.2) is 5.78 Å². The van der Waals surface area contributed by atoms with Crippen LogP contribution in [-0.2, 0) is 6.18 Å². The molecule has 0 aliphatic rings. The highest BCUT2D eigenvalue weighted by atomic mass is 79.9. The monoisotopic (exact) mass is 316 g/mol. The smallest absolute Gasteiger partial charge is 0.294 e. The molecule has 1 nitrogen and oxygen atoms in total. The highest BCUT2D eigenvalue weighted by molar-refractivity contribution is 9.10. The number of benzene rings is 1. The van der Waals surface area contributed by atoms with Gasteiger partial charge in [-0.15, -0.1) is 0 Å². The van der Waals surface area contributed by atoms with Gasteiger partial charge in [-0.1, -0.05) is 6.07 Å². The molecule has 0 aromatic heterocycles. The molecule has 0 heterocycles. The van der Waals surface area contributed by atoms with Gasteiger partial charge in [0.05, 0.1) is 5.56 Å². The van der Waals surface area contributed by atoms with Gasteiger partial charge in [0.25, 0.3) is 6.43 Å². The van der Waals surface area contributed by atoms with Crippen LogP contribution in [0.4, 0.5) is 22.0 Å². The second-order valence-electron chi connectivity index (χ2n) is 3.24. The van der Waals surface area contributed by atoms with E-state index >= 15 is 0 Å². The average Bonchev–Trinajstić information content (AvgIpc) is 2.13. The molecule has 17 heavy (non-hydrogen) atoms. The molecule has 0 amide bonds. The molecule has 0 spiro atoms. The van der Waals surface area contributed by atoms with Gasteiger partial charge in [0, 0.05) is 15.6 Å². The number of halogens is 6. The van der Waals surface area contributed by atoms with Gasteiger partial charge < -0.3 is 0 Å². The van der Waals surface area contributed by atoms with Crippen molar-refractivity contribution >= 4 is 21.7 Å². The number of alkyl halides is 5. The van der Waals surface area contributed by atoms with E-state index in [4.69, 9.17) is 0 Å². The number of carbonyl (C=O) groups excluding carboxylic acids is 1. The Labute approximate surface area is 102 Å². The summed E-state index contributed by atoms with van der Waals surface area (Å²) in [6.45, 7) is 1.01. The van der Waals surface area contributed by atoms with Crippen LogP contribution >= 0.6 is 15.9 Å². The maximum absolute atomic E-state index is 12.7. The minimum Gasteiger partial charge on any atom is -0.294 e. The quantitative estimate of drug-likeness (QED) is 0.575. The number of Topliss-reactive ketones (excluding diaryl/α,β-unsaturated/α-hetero) is 1. The summed E-state index contributed by atoms with van der Waals surface area (Å²) < 4.78 is 61.9. The second kappa shape index (κ2) is 4.72. The SMILES string of the molecule is CC(=O)c1ccc(C(F)(F)F)c(Br)c1C(F)F. The van der Waals surface area contributed by atoms with E-state index in [0.29, 0.717) is 6.07 Å². The van der Waals surface area contributed by atoms with E-state index in [9.17, 15) is 26.7 Å². The first-order valence-electron chi connectivity index (χ1n) is 4.35. The first kappa shape index (κ1) is 14.1. The van der Waals surface area contributed by atoms with Crippen LogP contribution in [0.3, 0.4) is 0 Å². The lowest BCUT2D eigenvalue weighted by atomic mass is 10.0. The Bertz CT molecular complexity index is 453. The Kier molecular flexibility index (Phi) is 3.91. The fourth-order valence-corrected chi connectivity index (χ4v) is 2.08. The maximum atomic E-state index is 12.7. The van der Waals surface area contributed by atoms with Crippen molar-refractivity contribution in [1.29, 1.82) is 0 Å². The molecule has 0 aliphatic heterocycles. The molecule has 1 aromatic rings. The second-order valence-corrected chi connectivity index (χ2v) is 4.04. The standard InChI is InChI=1S/C10H6BrF5O/c1-4(17)5-2-3-6(10(14,15)16)8(11)7(5)9(12)13/h2-3,9H,1H3. The Balaban J connectivity index is 3.55. The molecule has 0 unspecified atom stereocenters. The van der Waals surface area contributed by atoms with Crippen molar-refractivity contribution in [2.75, 3.05) is 0 Å². The van der Waals surface area contributed by atoms with Crippen molar-refractivity contribution in [3.8, 4) is 0 Å². The van der Waals surface area contributed by atoms with Crippen molar-refractivity contribution in [2.45, 2.75) is 19.5 Å². The minimum absolute atomic E-state index is 0.417. The summed E-state index contributed by atoms with van der Waals surface area (Å²) >= 11 is 2.48. The van der Waals surface area contributed by atoms with Crippen molar-refractivity contribution < 1.29 is 26.7 Å². The molecular weight excluding hydrogens is 311 g/mol. The topological polar surface area (TPSA) is 17.1 Å². The molecule has 0 radical (unpaired) electrons. The van der Waals surface area contributed by atoms with Crippen LogP contribution < -0.4 is 0 Å². The third kappa shape index (κ3) is 2.83. The number of rotatable bonds is 2.